The minimum absolute atomic E-state index is 0.0788. The number of hydrogen-bond donors (Lipinski definition) is 1. The molecule has 0 spiro atoms. The summed E-state index contributed by atoms with van der Waals surface area (Å²) in [6.07, 6.45) is 2.10. The molecule has 0 radical (unpaired) electrons. The molecule has 1 saturated carbocycles. The standard InChI is InChI=1S/C17H25NO4/c1-4-22-17(2,13-5-6-13)16(19)18-14-7-9-15(10-8-14)21-12-11-20-3/h7-10,13H,4-6,11-12H2,1-3H3,(H,18,19). The lowest BCUT2D eigenvalue weighted by Crippen LogP contribution is -2.44. The van der Waals surface area contributed by atoms with Gasteiger partial charge in [0.25, 0.3) is 5.91 Å². The molecule has 5 nitrogen and oxygen atoms in total. The van der Waals surface area contributed by atoms with E-state index in [0.29, 0.717) is 25.7 Å². The van der Waals surface area contributed by atoms with E-state index in [9.17, 15) is 4.79 Å². The highest BCUT2D eigenvalue weighted by Gasteiger charge is 2.48. The first kappa shape index (κ1) is 16.8. The molecule has 1 unspecified atom stereocenters. The number of carbonyl (C=O) groups excluding carboxylic acids is 1. The van der Waals surface area contributed by atoms with E-state index in [2.05, 4.69) is 5.32 Å². The Morgan fingerprint density at radius 3 is 2.50 bits per heavy atom. The van der Waals surface area contributed by atoms with Gasteiger partial charge in [-0.2, -0.15) is 0 Å². The van der Waals surface area contributed by atoms with Crippen LogP contribution >= 0.6 is 0 Å². The van der Waals surface area contributed by atoms with Crippen LogP contribution in [0.15, 0.2) is 24.3 Å². The van der Waals surface area contributed by atoms with Gasteiger partial charge in [0.2, 0.25) is 0 Å². The summed E-state index contributed by atoms with van der Waals surface area (Å²) in [5.74, 6) is 0.999. The highest BCUT2D eigenvalue weighted by molar-refractivity contribution is 5.97. The van der Waals surface area contributed by atoms with E-state index in [-0.39, 0.29) is 5.91 Å². The molecule has 0 aliphatic heterocycles. The Balaban J connectivity index is 1.93. The van der Waals surface area contributed by atoms with Gasteiger partial charge >= 0.3 is 0 Å². The molecule has 1 aromatic rings. The zero-order chi connectivity index (χ0) is 16.0. The highest BCUT2D eigenvalue weighted by atomic mass is 16.5. The topological polar surface area (TPSA) is 56.8 Å². The number of ether oxygens (including phenoxy) is 3. The van der Waals surface area contributed by atoms with E-state index >= 15 is 0 Å². The zero-order valence-electron chi connectivity index (χ0n) is 13.6. The number of rotatable bonds is 9. The third kappa shape index (κ3) is 4.21. The Kier molecular flexibility index (Phi) is 5.80. The summed E-state index contributed by atoms with van der Waals surface area (Å²) in [6, 6.07) is 7.33. The third-order valence-electron chi connectivity index (χ3n) is 3.92. The summed E-state index contributed by atoms with van der Waals surface area (Å²) >= 11 is 0. The molecule has 1 fully saturated rings. The van der Waals surface area contributed by atoms with E-state index < -0.39 is 5.60 Å². The first-order valence-corrected chi connectivity index (χ1v) is 7.77. The second-order valence-corrected chi connectivity index (χ2v) is 5.63. The fourth-order valence-electron chi connectivity index (χ4n) is 2.44. The van der Waals surface area contributed by atoms with E-state index in [0.717, 1.165) is 24.3 Å². The Morgan fingerprint density at radius 1 is 1.27 bits per heavy atom. The molecule has 1 atom stereocenters. The molecule has 1 N–H and O–H groups in total. The van der Waals surface area contributed by atoms with Crippen LogP contribution in [0.2, 0.25) is 0 Å². The van der Waals surface area contributed by atoms with Crippen molar-refractivity contribution in [3.8, 4) is 5.75 Å². The van der Waals surface area contributed by atoms with Crippen molar-refractivity contribution in [3.63, 3.8) is 0 Å². The first-order chi connectivity index (χ1) is 10.6. The van der Waals surface area contributed by atoms with E-state index in [4.69, 9.17) is 14.2 Å². The van der Waals surface area contributed by atoms with E-state index in [1.165, 1.54) is 0 Å². The van der Waals surface area contributed by atoms with Crippen LogP contribution in [-0.2, 0) is 14.3 Å². The summed E-state index contributed by atoms with van der Waals surface area (Å²) in [6.45, 7) is 5.39. The summed E-state index contributed by atoms with van der Waals surface area (Å²) in [4.78, 5) is 12.5. The Hall–Kier alpha value is -1.59. The SMILES string of the molecule is CCOC(C)(C(=O)Nc1ccc(OCCOC)cc1)C1CC1. The van der Waals surface area contributed by atoms with Crippen molar-refractivity contribution < 1.29 is 19.0 Å². The average molecular weight is 307 g/mol. The van der Waals surface area contributed by atoms with E-state index in [1.54, 1.807) is 7.11 Å². The Morgan fingerprint density at radius 2 is 1.95 bits per heavy atom. The van der Waals surface area contributed by atoms with Gasteiger partial charge in [-0.05, 0) is 56.9 Å². The summed E-state index contributed by atoms with van der Waals surface area (Å²) in [7, 11) is 1.64. The van der Waals surface area contributed by atoms with Crippen LogP contribution in [0, 0.1) is 5.92 Å². The van der Waals surface area contributed by atoms with Crippen molar-refractivity contribution in [3.05, 3.63) is 24.3 Å². The molecule has 122 valence electrons. The number of anilines is 1. The predicted molar refractivity (Wildman–Crippen MR) is 85.2 cm³/mol. The van der Waals surface area contributed by atoms with Crippen LogP contribution in [0.1, 0.15) is 26.7 Å². The summed E-state index contributed by atoms with van der Waals surface area (Å²) < 4.78 is 16.2. The van der Waals surface area contributed by atoms with Gasteiger partial charge in [-0.3, -0.25) is 4.79 Å². The molecule has 1 aliphatic rings. The molecule has 0 aromatic heterocycles. The maximum absolute atomic E-state index is 12.5. The van der Waals surface area contributed by atoms with Crippen molar-refractivity contribution >= 4 is 11.6 Å². The molecule has 1 aliphatic carbocycles. The predicted octanol–water partition coefficient (Wildman–Crippen LogP) is 2.86. The van der Waals surface area contributed by atoms with Crippen LogP contribution in [-0.4, -0.2) is 38.4 Å². The first-order valence-electron chi connectivity index (χ1n) is 7.77. The maximum Gasteiger partial charge on any atom is 0.256 e. The quantitative estimate of drug-likeness (QED) is 0.713. The van der Waals surface area contributed by atoms with Gasteiger partial charge in [0.1, 0.15) is 18.0 Å². The molecule has 2 rings (SSSR count). The lowest BCUT2D eigenvalue weighted by molar-refractivity contribution is -0.141. The van der Waals surface area contributed by atoms with Crippen LogP contribution < -0.4 is 10.1 Å². The highest BCUT2D eigenvalue weighted by Crippen LogP contribution is 2.42. The number of amides is 1. The fraction of sp³-hybridized carbons (Fsp3) is 0.588. The summed E-state index contributed by atoms with van der Waals surface area (Å²) in [5.41, 5.74) is 0.0122. The number of methoxy groups -OCH3 is 1. The van der Waals surface area contributed by atoms with Gasteiger partial charge in [0.15, 0.2) is 0 Å². The van der Waals surface area contributed by atoms with Gasteiger partial charge in [-0.25, -0.2) is 0 Å². The monoisotopic (exact) mass is 307 g/mol. The molecule has 1 amide bonds. The van der Waals surface area contributed by atoms with Gasteiger partial charge < -0.3 is 19.5 Å². The molecule has 0 saturated heterocycles. The van der Waals surface area contributed by atoms with Crippen LogP contribution in [0.4, 0.5) is 5.69 Å². The third-order valence-corrected chi connectivity index (χ3v) is 3.92. The molecular weight excluding hydrogens is 282 g/mol. The minimum atomic E-state index is -0.734. The Labute approximate surface area is 131 Å². The van der Waals surface area contributed by atoms with Gasteiger partial charge in [0.05, 0.1) is 6.61 Å². The normalized spacial score (nSPS) is 16.9. The lowest BCUT2D eigenvalue weighted by Gasteiger charge is -2.28. The van der Waals surface area contributed by atoms with Crippen LogP contribution in [0.25, 0.3) is 0 Å². The van der Waals surface area contributed by atoms with Crippen molar-refractivity contribution in [1.82, 2.24) is 0 Å². The Bertz CT molecular complexity index is 484. The van der Waals surface area contributed by atoms with Gasteiger partial charge in [-0.15, -0.1) is 0 Å². The molecule has 0 bridgehead atoms. The second-order valence-electron chi connectivity index (χ2n) is 5.63. The van der Waals surface area contributed by atoms with Gasteiger partial charge in [-0.1, -0.05) is 0 Å². The van der Waals surface area contributed by atoms with Crippen molar-refractivity contribution in [2.24, 2.45) is 5.92 Å². The minimum Gasteiger partial charge on any atom is -0.491 e. The summed E-state index contributed by atoms with van der Waals surface area (Å²) in [5, 5.41) is 2.94. The van der Waals surface area contributed by atoms with E-state index in [1.807, 2.05) is 38.1 Å². The number of benzene rings is 1. The number of nitrogens with one attached hydrogen (secondary N) is 1. The maximum atomic E-state index is 12.5. The molecule has 1 aromatic carbocycles. The molecular formula is C17H25NO4. The average Bonchev–Trinajstić information content (AvgIpc) is 3.34. The van der Waals surface area contributed by atoms with Crippen LogP contribution in [0.5, 0.6) is 5.75 Å². The smallest absolute Gasteiger partial charge is 0.256 e. The van der Waals surface area contributed by atoms with Gasteiger partial charge in [0, 0.05) is 19.4 Å². The number of hydrogen-bond acceptors (Lipinski definition) is 4. The molecule has 22 heavy (non-hydrogen) atoms. The second kappa shape index (κ2) is 7.61. The fourth-order valence-corrected chi connectivity index (χ4v) is 2.44. The van der Waals surface area contributed by atoms with Crippen LogP contribution in [0.3, 0.4) is 0 Å². The largest absolute Gasteiger partial charge is 0.491 e. The lowest BCUT2D eigenvalue weighted by atomic mass is 9.99. The van der Waals surface area contributed by atoms with Crippen molar-refractivity contribution in [2.75, 3.05) is 32.2 Å². The molecule has 5 heteroatoms. The van der Waals surface area contributed by atoms with Crippen molar-refractivity contribution in [1.29, 1.82) is 0 Å². The zero-order valence-corrected chi connectivity index (χ0v) is 13.6. The molecule has 0 heterocycles. The van der Waals surface area contributed by atoms with Crippen molar-refractivity contribution in [2.45, 2.75) is 32.3 Å². The number of carbonyl (C=O) groups is 1.